The Morgan fingerprint density at radius 2 is 1.97 bits per heavy atom. The van der Waals surface area contributed by atoms with Crippen LogP contribution < -0.4 is 5.32 Å². The molecule has 7 heteroatoms. The number of benzene rings is 2. The molecule has 0 radical (unpaired) electrons. The van der Waals surface area contributed by atoms with Gasteiger partial charge in [-0.1, -0.05) is 32.0 Å². The van der Waals surface area contributed by atoms with Crippen LogP contribution in [0.2, 0.25) is 0 Å². The van der Waals surface area contributed by atoms with Gasteiger partial charge in [0, 0.05) is 28.9 Å². The normalized spacial score (nSPS) is 19.2. The number of likely N-dealkylation sites (tertiary alicyclic amines) is 1. The van der Waals surface area contributed by atoms with Crippen LogP contribution in [-0.2, 0) is 9.53 Å². The van der Waals surface area contributed by atoms with E-state index in [0.717, 1.165) is 16.4 Å². The highest BCUT2D eigenvalue weighted by Gasteiger charge is 2.40. The summed E-state index contributed by atoms with van der Waals surface area (Å²) in [7, 11) is 0. The standard InChI is InChI=1S/C22H24N2O5/c1-13(2)12-28-22(27)24-11-15(25)10-18(24)21(26)23-14-7-8-17-16-5-3-4-6-19(16)29-20(17)9-14/h3-9,13,15,18,25H,10-12H2,1-2H3,(H,23,26)/t15-,18-/m1/s1. The number of furan rings is 1. The monoisotopic (exact) mass is 396 g/mol. The number of hydrogen-bond donors (Lipinski definition) is 2. The largest absolute Gasteiger partial charge is 0.456 e. The number of fused-ring (bicyclic) bond motifs is 3. The lowest BCUT2D eigenvalue weighted by Gasteiger charge is -2.23. The molecule has 0 spiro atoms. The van der Waals surface area contributed by atoms with E-state index >= 15 is 0 Å². The van der Waals surface area contributed by atoms with E-state index in [-0.39, 0.29) is 31.4 Å². The summed E-state index contributed by atoms with van der Waals surface area (Å²) in [5, 5.41) is 14.8. The molecule has 1 fully saturated rings. The molecule has 2 heterocycles. The molecule has 2 N–H and O–H groups in total. The van der Waals surface area contributed by atoms with Crippen LogP contribution >= 0.6 is 0 Å². The summed E-state index contributed by atoms with van der Waals surface area (Å²) in [5.41, 5.74) is 2.02. The zero-order chi connectivity index (χ0) is 20.5. The lowest BCUT2D eigenvalue weighted by molar-refractivity contribution is -0.120. The van der Waals surface area contributed by atoms with Crippen LogP contribution in [0.1, 0.15) is 20.3 Å². The van der Waals surface area contributed by atoms with Crippen LogP contribution in [0, 0.1) is 5.92 Å². The molecule has 0 bridgehead atoms. The molecule has 0 saturated carbocycles. The molecule has 2 amide bonds. The minimum absolute atomic E-state index is 0.0810. The van der Waals surface area contributed by atoms with Crippen LogP contribution in [0.5, 0.6) is 0 Å². The van der Waals surface area contributed by atoms with Crippen LogP contribution in [0.25, 0.3) is 21.9 Å². The predicted octanol–water partition coefficient (Wildman–Crippen LogP) is 3.75. The van der Waals surface area contributed by atoms with Crippen molar-refractivity contribution in [2.75, 3.05) is 18.5 Å². The van der Waals surface area contributed by atoms with Gasteiger partial charge in [0.2, 0.25) is 5.91 Å². The Kier molecular flexibility index (Phi) is 5.15. The molecule has 0 aliphatic carbocycles. The molecule has 152 valence electrons. The third-order valence-electron chi connectivity index (χ3n) is 5.00. The number of nitrogens with zero attached hydrogens (tertiary/aromatic N) is 1. The van der Waals surface area contributed by atoms with Crippen molar-refractivity contribution >= 4 is 39.6 Å². The van der Waals surface area contributed by atoms with E-state index in [0.29, 0.717) is 11.3 Å². The summed E-state index contributed by atoms with van der Waals surface area (Å²) in [4.78, 5) is 26.4. The van der Waals surface area contributed by atoms with Crippen LogP contribution in [0.4, 0.5) is 10.5 Å². The number of β-amino-alcohol motifs (C(OH)–C–C–N with tert-alkyl or cyclic N) is 1. The molecule has 29 heavy (non-hydrogen) atoms. The lowest BCUT2D eigenvalue weighted by Crippen LogP contribution is -2.43. The minimum Gasteiger partial charge on any atom is -0.456 e. The highest BCUT2D eigenvalue weighted by molar-refractivity contribution is 6.06. The molecule has 1 aliphatic rings. The first-order valence-electron chi connectivity index (χ1n) is 9.76. The van der Waals surface area contributed by atoms with Gasteiger partial charge in [-0.2, -0.15) is 0 Å². The van der Waals surface area contributed by atoms with Crippen molar-refractivity contribution in [3.8, 4) is 0 Å². The quantitative estimate of drug-likeness (QED) is 0.701. The SMILES string of the molecule is CC(C)COC(=O)N1C[C@H](O)C[C@@H]1C(=O)Nc1ccc2c(c1)oc1ccccc12. The molecule has 0 unspecified atom stereocenters. The van der Waals surface area contributed by atoms with E-state index in [9.17, 15) is 14.7 Å². The van der Waals surface area contributed by atoms with E-state index in [1.165, 1.54) is 4.90 Å². The van der Waals surface area contributed by atoms with Gasteiger partial charge >= 0.3 is 6.09 Å². The van der Waals surface area contributed by atoms with Crippen molar-refractivity contribution in [3.63, 3.8) is 0 Å². The van der Waals surface area contributed by atoms with Gasteiger partial charge in [0.1, 0.15) is 17.2 Å². The highest BCUT2D eigenvalue weighted by Crippen LogP contribution is 2.30. The van der Waals surface area contributed by atoms with Crippen LogP contribution in [-0.4, -0.2) is 47.3 Å². The van der Waals surface area contributed by atoms with Gasteiger partial charge in [0.25, 0.3) is 0 Å². The van der Waals surface area contributed by atoms with Gasteiger partial charge in [-0.25, -0.2) is 4.79 Å². The zero-order valence-corrected chi connectivity index (χ0v) is 16.4. The molecular formula is C22H24N2O5. The number of carbonyl (C=O) groups is 2. The summed E-state index contributed by atoms with van der Waals surface area (Å²) in [6, 6.07) is 12.4. The van der Waals surface area contributed by atoms with E-state index in [2.05, 4.69) is 5.32 Å². The summed E-state index contributed by atoms with van der Waals surface area (Å²) in [6.07, 6.45) is -1.16. The third kappa shape index (κ3) is 3.91. The second-order valence-corrected chi connectivity index (χ2v) is 7.83. The fraction of sp³-hybridized carbons (Fsp3) is 0.364. The summed E-state index contributed by atoms with van der Waals surface area (Å²) < 4.78 is 11.1. The van der Waals surface area contributed by atoms with Crippen molar-refractivity contribution in [2.24, 2.45) is 5.92 Å². The van der Waals surface area contributed by atoms with Crippen LogP contribution in [0.3, 0.4) is 0 Å². The van der Waals surface area contributed by atoms with Gasteiger partial charge in [-0.3, -0.25) is 9.69 Å². The summed E-state index contributed by atoms with van der Waals surface area (Å²) in [6.45, 7) is 4.22. The van der Waals surface area contributed by atoms with Crippen molar-refractivity contribution in [3.05, 3.63) is 42.5 Å². The number of hydrogen-bond acceptors (Lipinski definition) is 5. The van der Waals surface area contributed by atoms with E-state index in [1.807, 2.05) is 44.2 Å². The van der Waals surface area contributed by atoms with Gasteiger partial charge in [0.15, 0.2) is 0 Å². The number of rotatable bonds is 4. The number of carbonyl (C=O) groups excluding carboxylic acids is 2. The molecule has 7 nitrogen and oxygen atoms in total. The van der Waals surface area contributed by atoms with Crippen molar-refractivity contribution < 1.29 is 23.8 Å². The number of aliphatic hydroxyl groups excluding tert-OH is 1. The minimum atomic E-state index is -0.781. The fourth-order valence-electron chi connectivity index (χ4n) is 3.61. The molecule has 3 aromatic rings. The van der Waals surface area contributed by atoms with Gasteiger partial charge in [0.05, 0.1) is 19.3 Å². The smallest absolute Gasteiger partial charge is 0.410 e. The first-order valence-corrected chi connectivity index (χ1v) is 9.76. The average molecular weight is 396 g/mol. The van der Waals surface area contributed by atoms with Crippen LogP contribution in [0.15, 0.2) is 46.9 Å². The molecule has 2 atom stereocenters. The number of anilines is 1. The molecular weight excluding hydrogens is 372 g/mol. The first kappa shape index (κ1) is 19.3. The topological polar surface area (TPSA) is 92.0 Å². The maximum Gasteiger partial charge on any atom is 0.410 e. The van der Waals surface area contributed by atoms with E-state index in [1.54, 1.807) is 12.1 Å². The Hall–Kier alpha value is -3.06. The van der Waals surface area contributed by atoms with Crippen molar-refractivity contribution in [1.29, 1.82) is 0 Å². The maximum atomic E-state index is 12.8. The number of para-hydroxylation sites is 1. The van der Waals surface area contributed by atoms with Gasteiger partial charge < -0.3 is 19.6 Å². The highest BCUT2D eigenvalue weighted by atomic mass is 16.6. The molecule has 1 aliphatic heterocycles. The average Bonchev–Trinajstić information content (AvgIpc) is 3.26. The Labute approximate surface area is 168 Å². The molecule has 4 rings (SSSR count). The Bertz CT molecular complexity index is 1060. The zero-order valence-electron chi connectivity index (χ0n) is 16.4. The van der Waals surface area contributed by atoms with Crippen molar-refractivity contribution in [1.82, 2.24) is 4.90 Å². The summed E-state index contributed by atoms with van der Waals surface area (Å²) >= 11 is 0. The molecule has 1 aromatic heterocycles. The number of nitrogens with one attached hydrogen (secondary N) is 1. The molecule has 2 aromatic carbocycles. The Morgan fingerprint density at radius 1 is 1.21 bits per heavy atom. The summed E-state index contributed by atoms with van der Waals surface area (Å²) in [5.74, 6) is -0.173. The number of aliphatic hydroxyl groups is 1. The Balaban J connectivity index is 1.51. The Morgan fingerprint density at radius 3 is 2.76 bits per heavy atom. The second-order valence-electron chi connectivity index (χ2n) is 7.83. The van der Waals surface area contributed by atoms with Gasteiger partial charge in [-0.15, -0.1) is 0 Å². The van der Waals surface area contributed by atoms with Crippen molar-refractivity contribution in [2.45, 2.75) is 32.4 Å². The number of ether oxygens (including phenoxy) is 1. The lowest BCUT2D eigenvalue weighted by atomic mass is 10.1. The second kappa shape index (κ2) is 7.75. The fourth-order valence-corrected chi connectivity index (χ4v) is 3.61. The first-order chi connectivity index (χ1) is 13.9. The van der Waals surface area contributed by atoms with E-state index in [4.69, 9.17) is 9.15 Å². The maximum absolute atomic E-state index is 12.8. The van der Waals surface area contributed by atoms with E-state index < -0.39 is 18.2 Å². The predicted molar refractivity (Wildman–Crippen MR) is 110 cm³/mol. The third-order valence-corrected chi connectivity index (χ3v) is 5.00. The molecule has 1 saturated heterocycles. The number of amides is 2. The van der Waals surface area contributed by atoms with Gasteiger partial charge in [-0.05, 0) is 24.1 Å².